The van der Waals surface area contributed by atoms with Crippen LogP contribution in [0.2, 0.25) is 0 Å². The van der Waals surface area contributed by atoms with Crippen LogP contribution >= 0.6 is 0 Å². The first kappa shape index (κ1) is 17.5. The molecule has 3 aromatic carbocycles. The summed E-state index contributed by atoms with van der Waals surface area (Å²) in [6.07, 6.45) is 7.22. The molecular weight excluding hydrogens is 344 g/mol. The third-order valence-electron chi connectivity index (χ3n) is 4.31. The van der Waals surface area contributed by atoms with Crippen LogP contribution in [0.4, 0.5) is 0 Å². The van der Waals surface area contributed by atoms with Crippen LogP contribution < -0.4 is 0 Å². The first-order chi connectivity index (χ1) is 13.9. The molecule has 5 aromatic rings. The Hall–Kier alpha value is -3.92. The van der Waals surface area contributed by atoms with Gasteiger partial charge in [0.1, 0.15) is 0 Å². The molecule has 136 valence electrons. The zero-order chi connectivity index (χ0) is 19.0. The molecule has 0 aliphatic carbocycles. The Bertz CT molecular complexity index is 1030. The number of nitrogens with one attached hydrogen (secondary N) is 1. The van der Waals surface area contributed by atoms with E-state index < -0.39 is 0 Å². The number of aromatic nitrogens is 4. The highest BCUT2D eigenvalue weighted by molar-refractivity contribution is 5.77. The van der Waals surface area contributed by atoms with Crippen molar-refractivity contribution in [2.24, 2.45) is 0 Å². The van der Waals surface area contributed by atoms with Gasteiger partial charge in [0.2, 0.25) is 0 Å². The second-order valence-electron chi connectivity index (χ2n) is 6.16. The maximum absolute atomic E-state index is 4.41. The molecule has 0 atom stereocenters. The Morgan fingerprint density at radius 3 is 1.89 bits per heavy atom. The van der Waals surface area contributed by atoms with E-state index in [4.69, 9.17) is 0 Å². The molecule has 1 N–H and O–H groups in total. The largest absolute Gasteiger partial charge is 0.344 e. The number of para-hydroxylation sites is 1. The second-order valence-corrected chi connectivity index (χ2v) is 6.16. The first-order valence-corrected chi connectivity index (χ1v) is 9.09. The number of hydrogen-bond acceptors (Lipinski definition) is 2. The number of benzene rings is 3. The van der Waals surface area contributed by atoms with Crippen LogP contribution in [-0.2, 0) is 0 Å². The summed E-state index contributed by atoms with van der Waals surface area (Å²) in [5.41, 5.74) is 5.50. The Morgan fingerprint density at radius 2 is 1.29 bits per heavy atom. The normalized spacial score (nSPS) is 10.1. The summed E-state index contributed by atoms with van der Waals surface area (Å²) in [7, 11) is 0. The van der Waals surface area contributed by atoms with Crippen molar-refractivity contribution in [3.63, 3.8) is 0 Å². The molecule has 5 rings (SSSR count). The zero-order valence-electron chi connectivity index (χ0n) is 15.3. The van der Waals surface area contributed by atoms with Crippen LogP contribution in [-0.4, -0.2) is 19.5 Å². The maximum atomic E-state index is 4.41. The van der Waals surface area contributed by atoms with Gasteiger partial charge in [0.15, 0.2) is 0 Å². The topological polar surface area (TPSA) is 46.5 Å². The third-order valence-corrected chi connectivity index (χ3v) is 4.31. The summed E-state index contributed by atoms with van der Waals surface area (Å²) in [5.74, 6) is 0. The first-order valence-electron chi connectivity index (χ1n) is 9.09. The van der Waals surface area contributed by atoms with Crippen molar-refractivity contribution in [1.82, 2.24) is 19.5 Å². The average Bonchev–Trinajstić information content (AvgIpc) is 3.49. The Kier molecular flexibility index (Phi) is 5.40. The molecule has 0 saturated heterocycles. The lowest BCUT2D eigenvalue weighted by atomic mass is 10.1. The van der Waals surface area contributed by atoms with Gasteiger partial charge in [-0.2, -0.15) is 0 Å². The van der Waals surface area contributed by atoms with Gasteiger partial charge in [-0.05, 0) is 12.1 Å². The molecule has 0 aliphatic rings. The van der Waals surface area contributed by atoms with E-state index in [0.29, 0.717) is 0 Å². The van der Waals surface area contributed by atoms with Gasteiger partial charge in [0.05, 0.1) is 24.0 Å². The van der Waals surface area contributed by atoms with Gasteiger partial charge in [-0.1, -0.05) is 78.9 Å². The predicted octanol–water partition coefficient (Wildman–Crippen LogP) is 5.62. The lowest BCUT2D eigenvalue weighted by molar-refractivity contribution is 1.06. The smallest absolute Gasteiger partial charge is 0.0991 e. The van der Waals surface area contributed by atoms with E-state index in [2.05, 4.69) is 39.2 Å². The van der Waals surface area contributed by atoms with Crippen LogP contribution in [0.25, 0.3) is 28.2 Å². The third kappa shape index (κ3) is 4.07. The lowest BCUT2D eigenvalue weighted by Crippen LogP contribution is -1.87. The molecule has 2 heterocycles. The van der Waals surface area contributed by atoms with Crippen LogP contribution in [0.1, 0.15) is 0 Å². The highest BCUT2D eigenvalue weighted by atomic mass is 15.0. The summed E-state index contributed by atoms with van der Waals surface area (Å²) in [5, 5.41) is 0. The standard InChI is InChI=1S/C15H12N2.C9H8N2/c1-3-7-12(8-4-1)14-15(17-11-16-14)13-9-5-2-6-10-13;1-2-4-9(5-3-1)11-7-6-10-8-11/h1-11H,(H,16,17);1-8H. The van der Waals surface area contributed by atoms with E-state index in [9.17, 15) is 0 Å². The van der Waals surface area contributed by atoms with Gasteiger partial charge in [-0.25, -0.2) is 9.97 Å². The summed E-state index contributed by atoms with van der Waals surface area (Å²) in [4.78, 5) is 11.6. The number of aromatic amines is 1. The Labute approximate surface area is 164 Å². The van der Waals surface area contributed by atoms with Gasteiger partial charge in [0, 0.05) is 29.2 Å². The van der Waals surface area contributed by atoms with Gasteiger partial charge in [-0.15, -0.1) is 0 Å². The zero-order valence-corrected chi connectivity index (χ0v) is 15.3. The number of hydrogen-bond donors (Lipinski definition) is 1. The summed E-state index contributed by atoms with van der Waals surface area (Å²) in [6.45, 7) is 0. The molecule has 0 saturated carbocycles. The predicted molar refractivity (Wildman–Crippen MR) is 113 cm³/mol. The molecule has 2 aromatic heterocycles. The highest BCUT2D eigenvalue weighted by Gasteiger charge is 2.08. The summed E-state index contributed by atoms with van der Waals surface area (Å²) >= 11 is 0. The molecule has 0 fully saturated rings. The fraction of sp³-hybridized carbons (Fsp3) is 0. The molecule has 4 heteroatoms. The van der Waals surface area contributed by atoms with Crippen molar-refractivity contribution in [3.05, 3.63) is 116 Å². The molecule has 4 nitrogen and oxygen atoms in total. The summed E-state index contributed by atoms with van der Waals surface area (Å²) in [6, 6.07) is 30.6. The van der Waals surface area contributed by atoms with Gasteiger partial charge in [-0.3, -0.25) is 0 Å². The van der Waals surface area contributed by atoms with E-state index in [1.807, 2.05) is 77.5 Å². The molecule has 0 radical (unpaired) electrons. The molecule has 0 bridgehead atoms. The van der Waals surface area contributed by atoms with Crippen molar-refractivity contribution in [2.75, 3.05) is 0 Å². The minimum absolute atomic E-state index is 0.997. The minimum Gasteiger partial charge on any atom is -0.344 e. The quantitative estimate of drug-likeness (QED) is 0.452. The van der Waals surface area contributed by atoms with Crippen molar-refractivity contribution in [2.45, 2.75) is 0 Å². The Balaban J connectivity index is 0.000000151. The maximum Gasteiger partial charge on any atom is 0.0991 e. The average molecular weight is 364 g/mol. The van der Waals surface area contributed by atoms with Crippen LogP contribution in [0, 0.1) is 0 Å². The van der Waals surface area contributed by atoms with Crippen LogP contribution in [0.15, 0.2) is 116 Å². The van der Waals surface area contributed by atoms with E-state index in [-0.39, 0.29) is 0 Å². The van der Waals surface area contributed by atoms with Crippen molar-refractivity contribution >= 4 is 0 Å². The van der Waals surface area contributed by atoms with Crippen molar-refractivity contribution in [3.8, 4) is 28.2 Å². The Morgan fingerprint density at radius 1 is 0.679 bits per heavy atom. The lowest BCUT2D eigenvalue weighted by Gasteiger charge is -2.02. The van der Waals surface area contributed by atoms with Crippen LogP contribution in [0.3, 0.4) is 0 Å². The molecule has 0 unspecified atom stereocenters. The van der Waals surface area contributed by atoms with Gasteiger partial charge >= 0.3 is 0 Å². The number of nitrogens with zero attached hydrogens (tertiary/aromatic N) is 3. The fourth-order valence-corrected chi connectivity index (χ4v) is 2.95. The van der Waals surface area contributed by atoms with Gasteiger partial charge < -0.3 is 9.55 Å². The van der Waals surface area contributed by atoms with E-state index >= 15 is 0 Å². The van der Waals surface area contributed by atoms with Gasteiger partial charge in [0.25, 0.3) is 0 Å². The van der Waals surface area contributed by atoms with Crippen molar-refractivity contribution < 1.29 is 0 Å². The minimum atomic E-state index is 0.997. The SMILES string of the molecule is c1ccc(-c2nc[nH]c2-c2ccccc2)cc1.c1ccc(-n2ccnc2)cc1. The monoisotopic (exact) mass is 364 g/mol. The van der Waals surface area contributed by atoms with E-state index in [1.54, 1.807) is 18.9 Å². The fourth-order valence-electron chi connectivity index (χ4n) is 2.95. The second kappa shape index (κ2) is 8.64. The molecular formula is C24H20N4. The van der Waals surface area contributed by atoms with Crippen molar-refractivity contribution in [1.29, 1.82) is 0 Å². The van der Waals surface area contributed by atoms with E-state index in [0.717, 1.165) is 28.2 Å². The number of imidazole rings is 2. The molecule has 0 amide bonds. The molecule has 0 spiro atoms. The van der Waals surface area contributed by atoms with E-state index in [1.165, 1.54) is 0 Å². The highest BCUT2D eigenvalue weighted by Crippen LogP contribution is 2.28. The summed E-state index contributed by atoms with van der Waals surface area (Å²) < 4.78 is 1.97. The van der Waals surface area contributed by atoms with Crippen LogP contribution in [0.5, 0.6) is 0 Å². The number of rotatable bonds is 3. The molecule has 0 aliphatic heterocycles. The molecule has 28 heavy (non-hydrogen) atoms. The number of H-pyrrole nitrogens is 1.